The molecular weight excluding hydrogens is 232 g/mol. The van der Waals surface area contributed by atoms with E-state index in [1.165, 1.54) is 5.56 Å². The molecule has 1 heterocycles. The first-order valence-electron chi connectivity index (χ1n) is 6.11. The molecule has 2 N–H and O–H groups in total. The van der Waals surface area contributed by atoms with Gasteiger partial charge in [0.25, 0.3) is 0 Å². The fraction of sp³-hybridized carbons (Fsp3) is 0.615. The van der Waals surface area contributed by atoms with Crippen LogP contribution in [0.2, 0.25) is 0 Å². The summed E-state index contributed by atoms with van der Waals surface area (Å²) < 4.78 is 0. The van der Waals surface area contributed by atoms with E-state index in [0.717, 1.165) is 19.5 Å². The number of hydrogen-bond acceptors (Lipinski definition) is 3. The van der Waals surface area contributed by atoms with Gasteiger partial charge in [-0.2, -0.15) is 11.3 Å². The van der Waals surface area contributed by atoms with Crippen LogP contribution < -0.4 is 10.6 Å². The van der Waals surface area contributed by atoms with Crippen LogP contribution in [0.3, 0.4) is 0 Å². The lowest BCUT2D eigenvalue weighted by atomic mass is 10.1. The molecule has 3 nitrogen and oxygen atoms in total. The Kier molecular flexibility index (Phi) is 6.22. The molecule has 1 aromatic rings. The predicted octanol–water partition coefficient (Wildman–Crippen LogP) is 2.39. The van der Waals surface area contributed by atoms with Crippen molar-refractivity contribution in [3.8, 4) is 0 Å². The number of carbonyl (C=O) groups excluding carboxylic acids is 1. The molecule has 17 heavy (non-hydrogen) atoms. The molecule has 1 rings (SSSR count). The SMILES string of the molecule is CC(C)CCNC(=O)C(C)NCc1ccsc1. The highest BCUT2D eigenvalue weighted by Crippen LogP contribution is 2.05. The number of carbonyl (C=O) groups is 1. The monoisotopic (exact) mass is 254 g/mol. The first kappa shape index (κ1) is 14.2. The molecule has 0 fully saturated rings. The maximum atomic E-state index is 11.7. The Morgan fingerprint density at radius 1 is 1.41 bits per heavy atom. The zero-order valence-corrected chi connectivity index (χ0v) is 11.6. The summed E-state index contributed by atoms with van der Waals surface area (Å²) in [5.74, 6) is 0.713. The van der Waals surface area contributed by atoms with E-state index in [9.17, 15) is 4.79 Å². The van der Waals surface area contributed by atoms with Crippen molar-refractivity contribution < 1.29 is 4.79 Å². The lowest BCUT2D eigenvalue weighted by molar-refractivity contribution is -0.122. The molecule has 0 bridgehead atoms. The average Bonchev–Trinajstić information content (AvgIpc) is 2.78. The van der Waals surface area contributed by atoms with Gasteiger partial charge in [0.05, 0.1) is 6.04 Å². The third-order valence-corrected chi connectivity index (χ3v) is 3.34. The van der Waals surface area contributed by atoms with Crippen LogP contribution in [0.1, 0.15) is 32.8 Å². The van der Waals surface area contributed by atoms with Crippen molar-refractivity contribution in [1.82, 2.24) is 10.6 Å². The minimum absolute atomic E-state index is 0.0841. The summed E-state index contributed by atoms with van der Waals surface area (Å²) in [5, 5.41) is 10.3. The van der Waals surface area contributed by atoms with E-state index in [4.69, 9.17) is 0 Å². The summed E-state index contributed by atoms with van der Waals surface area (Å²) in [4.78, 5) is 11.7. The molecule has 1 atom stereocenters. The van der Waals surface area contributed by atoms with Crippen LogP contribution in [0.25, 0.3) is 0 Å². The van der Waals surface area contributed by atoms with Crippen LogP contribution >= 0.6 is 11.3 Å². The van der Waals surface area contributed by atoms with Gasteiger partial charge >= 0.3 is 0 Å². The van der Waals surface area contributed by atoms with Crippen molar-refractivity contribution in [2.45, 2.75) is 39.8 Å². The van der Waals surface area contributed by atoms with Gasteiger partial charge < -0.3 is 10.6 Å². The molecule has 4 heteroatoms. The van der Waals surface area contributed by atoms with Crippen LogP contribution in [0, 0.1) is 5.92 Å². The molecule has 0 radical (unpaired) electrons. The maximum absolute atomic E-state index is 11.7. The van der Waals surface area contributed by atoms with E-state index in [1.54, 1.807) is 11.3 Å². The highest BCUT2D eigenvalue weighted by atomic mass is 32.1. The highest BCUT2D eigenvalue weighted by Gasteiger charge is 2.11. The standard InChI is InChI=1S/C13H22N2OS/c1-10(2)4-6-14-13(16)11(3)15-8-12-5-7-17-9-12/h5,7,9-11,15H,4,6,8H2,1-3H3,(H,14,16). The number of thiophene rings is 1. The Hall–Kier alpha value is -0.870. The lowest BCUT2D eigenvalue weighted by Crippen LogP contribution is -2.42. The van der Waals surface area contributed by atoms with Crippen LogP contribution in [-0.2, 0) is 11.3 Å². The van der Waals surface area contributed by atoms with Gasteiger partial charge in [0.15, 0.2) is 0 Å². The molecule has 0 saturated heterocycles. The van der Waals surface area contributed by atoms with Gasteiger partial charge in [-0.15, -0.1) is 0 Å². The van der Waals surface area contributed by atoms with Crippen molar-refractivity contribution >= 4 is 17.2 Å². The third-order valence-electron chi connectivity index (χ3n) is 2.61. The second kappa shape index (κ2) is 7.45. The van der Waals surface area contributed by atoms with Crippen molar-refractivity contribution in [2.75, 3.05) is 6.54 Å². The molecule has 0 aliphatic rings. The Morgan fingerprint density at radius 2 is 2.18 bits per heavy atom. The van der Waals surface area contributed by atoms with E-state index < -0.39 is 0 Å². The summed E-state index contributed by atoms with van der Waals surface area (Å²) in [6.07, 6.45) is 1.03. The van der Waals surface area contributed by atoms with Gasteiger partial charge in [0, 0.05) is 13.1 Å². The molecule has 0 aromatic carbocycles. The van der Waals surface area contributed by atoms with Crippen LogP contribution in [0.4, 0.5) is 0 Å². The van der Waals surface area contributed by atoms with Gasteiger partial charge in [-0.05, 0) is 41.7 Å². The predicted molar refractivity (Wildman–Crippen MR) is 73.1 cm³/mol. The van der Waals surface area contributed by atoms with Gasteiger partial charge in [-0.3, -0.25) is 4.79 Å². The van der Waals surface area contributed by atoms with Crippen LogP contribution in [-0.4, -0.2) is 18.5 Å². The summed E-state index contributed by atoms with van der Waals surface area (Å²) in [7, 11) is 0. The zero-order valence-electron chi connectivity index (χ0n) is 10.8. The Labute approximate surface area is 108 Å². The molecule has 0 aliphatic heterocycles. The number of hydrogen-bond donors (Lipinski definition) is 2. The maximum Gasteiger partial charge on any atom is 0.236 e. The average molecular weight is 254 g/mol. The summed E-state index contributed by atoms with van der Waals surface area (Å²) in [5.41, 5.74) is 1.23. The van der Waals surface area contributed by atoms with E-state index in [-0.39, 0.29) is 11.9 Å². The molecule has 96 valence electrons. The van der Waals surface area contributed by atoms with E-state index in [2.05, 4.69) is 35.9 Å². The lowest BCUT2D eigenvalue weighted by Gasteiger charge is -2.14. The van der Waals surface area contributed by atoms with Gasteiger partial charge in [-0.1, -0.05) is 13.8 Å². The van der Waals surface area contributed by atoms with Gasteiger partial charge in [0.2, 0.25) is 5.91 Å². The number of nitrogens with one attached hydrogen (secondary N) is 2. The topological polar surface area (TPSA) is 41.1 Å². The molecule has 0 saturated carbocycles. The molecule has 0 aliphatic carbocycles. The van der Waals surface area contributed by atoms with E-state index >= 15 is 0 Å². The number of amides is 1. The van der Waals surface area contributed by atoms with Crippen molar-refractivity contribution in [3.63, 3.8) is 0 Å². The fourth-order valence-electron chi connectivity index (χ4n) is 1.39. The minimum atomic E-state index is -0.137. The van der Waals surface area contributed by atoms with Crippen LogP contribution in [0.5, 0.6) is 0 Å². The first-order chi connectivity index (χ1) is 8.09. The fourth-order valence-corrected chi connectivity index (χ4v) is 2.06. The van der Waals surface area contributed by atoms with Gasteiger partial charge in [-0.25, -0.2) is 0 Å². The molecule has 1 amide bonds. The molecule has 0 spiro atoms. The molecule has 1 unspecified atom stereocenters. The summed E-state index contributed by atoms with van der Waals surface area (Å²) in [6.45, 7) is 7.73. The highest BCUT2D eigenvalue weighted by molar-refractivity contribution is 7.07. The largest absolute Gasteiger partial charge is 0.355 e. The van der Waals surface area contributed by atoms with Gasteiger partial charge in [0.1, 0.15) is 0 Å². The third kappa shape index (κ3) is 5.84. The Balaban J connectivity index is 2.18. The minimum Gasteiger partial charge on any atom is -0.355 e. The molecular formula is C13H22N2OS. The van der Waals surface area contributed by atoms with Crippen LogP contribution in [0.15, 0.2) is 16.8 Å². The summed E-state index contributed by atoms with van der Waals surface area (Å²) in [6, 6.07) is 1.93. The van der Waals surface area contributed by atoms with Crippen molar-refractivity contribution in [2.24, 2.45) is 5.92 Å². The first-order valence-corrected chi connectivity index (χ1v) is 7.06. The van der Waals surface area contributed by atoms with E-state index in [0.29, 0.717) is 5.92 Å². The van der Waals surface area contributed by atoms with Crippen molar-refractivity contribution in [1.29, 1.82) is 0 Å². The Morgan fingerprint density at radius 3 is 2.76 bits per heavy atom. The zero-order chi connectivity index (χ0) is 12.7. The van der Waals surface area contributed by atoms with E-state index in [1.807, 2.05) is 12.3 Å². The quantitative estimate of drug-likeness (QED) is 0.784. The molecule has 1 aromatic heterocycles. The van der Waals surface area contributed by atoms with Crippen molar-refractivity contribution in [3.05, 3.63) is 22.4 Å². The Bertz CT molecular complexity index is 322. The smallest absolute Gasteiger partial charge is 0.236 e. The normalized spacial score (nSPS) is 12.7. The summed E-state index contributed by atoms with van der Waals surface area (Å²) >= 11 is 1.68. The second-order valence-corrected chi connectivity index (χ2v) is 5.49. The number of rotatable bonds is 7. The second-order valence-electron chi connectivity index (χ2n) is 4.71.